The third-order valence-corrected chi connectivity index (χ3v) is 15.1. The Morgan fingerprint density at radius 3 is 1.93 bits per heavy atom. The summed E-state index contributed by atoms with van der Waals surface area (Å²) in [6.07, 6.45) is 2.59. The van der Waals surface area contributed by atoms with Crippen LogP contribution in [0.2, 0.25) is 36.3 Å². The SMILES string of the molecule is COCOC(C#C/C(C)=C\CO[Si](C)(C)C(C)(C)C)CCO[Si](C)(C)C(C)(C)C. The normalized spacial score (nSPS) is 15.1. The van der Waals surface area contributed by atoms with Crippen LogP contribution in [-0.2, 0) is 18.3 Å². The Kier molecular flexibility index (Phi) is 11.7. The van der Waals surface area contributed by atoms with Gasteiger partial charge in [0, 0.05) is 20.1 Å². The molecule has 0 aromatic heterocycles. The summed E-state index contributed by atoms with van der Waals surface area (Å²) < 4.78 is 23.3. The van der Waals surface area contributed by atoms with Crippen molar-refractivity contribution >= 4 is 16.6 Å². The van der Waals surface area contributed by atoms with E-state index in [1.165, 1.54) is 0 Å². The summed E-state index contributed by atoms with van der Waals surface area (Å²) in [6.45, 7) is 26.0. The summed E-state index contributed by atoms with van der Waals surface area (Å²) >= 11 is 0. The highest BCUT2D eigenvalue weighted by molar-refractivity contribution is 6.74. The summed E-state index contributed by atoms with van der Waals surface area (Å²) in [5.74, 6) is 6.44. The van der Waals surface area contributed by atoms with Crippen molar-refractivity contribution in [3.05, 3.63) is 11.6 Å². The third kappa shape index (κ3) is 11.0. The van der Waals surface area contributed by atoms with E-state index in [0.717, 1.165) is 12.0 Å². The Hall–Kier alpha value is -0.426. The fourth-order valence-corrected chi connectivity index (χ4v) is 3.82. The van der Waals surface area contributed by atoms with Gasteiger partial charge >= 0.3 is 0 Å². The van der Waals surface area contributed by atoms with Gasteiger partial charge in [-0.3, -0.25) is 0 Å². The molecule has 0 radical (unpaired) electrons. The molecule has 29 heavy (non-hydrogen) atoms. The number of hydrogen-bond acceptors (Lipinski definition) is 4. The van der Waals surface area contributed by atoms with Crippen LogP contribution in [0.5, 0.6) is 0 Å². The second kappa shape index (κ2) is 11.8. The van der Waals surface area contributed by atoms with Crippen LogP contribution in [0.25, 0.3) is 0 Å². The van der Waals surface area contributed by atoms with E-state index in [1.807, 2.05) is 6.92 Å². The van der Waals surface area contributed by atoms with Gasteiger partial charge in [-0.05, 0) is 54.8 Å². The molecule has 0 saturated carbocycles. The second-order valence-corrected chi connectivity index (χ2v) is 20.3. The zero-order valence-electron chi connectivity index (χ0n) is 21.1. The van der Waals surface area contributed by atoms with Crippen molar-refractivity contribution in [1.29, 1.82) is 0 Å². The maximum absolute atomic E-state index is 6.27. The lowest BCUT2D eigenvalue weighted by molar-refractivity contribution is -0.0571. The molecule has 0 N–H and O–H groups in total. The molecular weight excluding hydrogens is 396 g/mol. The van der Waals surface area contributed by atoms with Crippen molar-refractivity contribution in [3.63, 3.8) is 0 Å². The highest BCUT2D eigenvalue weighted by atomic mass is 28.4. The predicted molar refractivity (Wildman–Crippen MR) is 129 cm³/mol. The topological polar surface area (TPSA) is 36.9 Å². The van der Waals surface area contributed by atoms with Crippen molar-refractivity contribution in [2.24, 2.45) is 0 Å². The summed E-state index contributed by atoms with van der Waals surface area (Å²) in [7, 11) is -1.86. The first kappa shape index (κ1) is 28.6. The largest absolute Gasteiger partial charge is 0.417 e. The van der Waals surface area contributed by atoms with E-state index in [2.05, 4.69) is 85.6 Å². The lowest BCUT2D eigenvalue weighted by Gasteiger charge is -2.36. The number of methoxy groups -OCH3 is 1. The van der Waals surface area contributed by atoms with E-state index in [1.54, 1.807) is 7.11 Å². The van der Waals surface area contributed by atoms with Crippen molar-refractivity contribution in [1.82, 2.24) is 0 Å². The van der Waals surface area contributed by atoms with E-state index in [0.29, 0.717) is 13.2 Å². The Labute approximate surface area is 183 Å². The lowest BCUT2D eigenvalue weighted by atomic mass is 10.2. The standard InChI is InChI=1S/C23H46O4Si2/c1-20(15-17-26-28(9,10)22(2,3)4)13-14-21(25-19-24-8)16-18-27-29(11,12)23(5,6)7/h15,21H,16-19H2,1-12H3/b20-15-. The van der Waals surface area contributed by atoms with Crippen molar-refractivity contribution < 1.29 is 18.3 Å². The molecule has 0 aromatic rings. The first-order chi connectivity index (χ1) is 13.0. The molecule has 0 heterocycles. The summed E-state index contributed by atoms with van der Waals surface area (Å²) in [5, 5.41) is 0.411. The molecule has 1 unspecified atom stereocenters. The number of rotatable bonds is 10. The van der Waals surface area contributed by atoms with Gasteiger partial charge in [-0.15, -0.1) is 0 Å². The molecule has 1 atom stereocenters. The number of hydrogen-bond donors (Lipinski definition) is 0. The molecule has 0 rings (SSSR count). The van der Waals surface area contributed by atoms with Crippen LogP contribution in [-0.4, -0.2) is 49.9 Å². The van der Waals surface area contributed by atoms with Gasteiger partial charge in [-0.25, -0.2) is 0 Å². The number of allylic oxidation sites excluding steroid dienone is 1. The minimum atomic E-state index is -1.76. The second-order valence-electron chi connectivity index (χ2n) is 10.7. The lowest BCUT2D eigenvalue weighted by Crippen LogP contribution is -2.41. The maximum Gasteiger partial charge on any atom is 0.192 e. The van der Waals surface area contributed by atoms with Gasteiger partial charge in [0.25, 0.3) is 0 Å². The molecule has 170 valence electrons. The third-order valence-electron chi connectivity index (χ3n) is 6.11. The average Bonchev–Trinajstić information content (AvgIpc) is 2.54. The molecule has 0 amide bonds. The minimum Gasteiger partial charge on any atom is -0.417 e. The summed E-state index contributed by atoms with van der Waals surface area (Å²) in [5.41, 5.74) is 1.00. The van der Waals surface area contributed by atoms with E-state index < -0.39 is 16.6 Å². The van der Waals surface area contributed by atoms with Gasteiger partial charge in [0.1, 0.15) is 12.9 Å². The molecule has 4 nitrogen and oxygen atoms in total. The van der Waals surface area contributed by atoms with Gasteiger partial charge < -0.3 is 18.3 Å². The fourth-order valence-electron chi connectivity index (χ4n) is 1.82. The van der Waals surface area contributed by atoms with Crippen LogP contribution in [0.4, 0.5) is 0 Å². The average molecular weight is 443 g/mol. The van der Waals surface area contributed by atoms with Crippen LogP contribution >= 0.6 is 0 Å². The molecule has 0 saturated heterocycles. The van der Waals surface area contributed by atoms with Gasteiger partial charge in [-0.1, -0.05) is 53.4 Å². The molecule has 0 fully saturated rings. The quantitative estimate of drug-likeness (QED) is 0.224. The molecule has 6 heteroatoms. The molecule has 0 aliphatic carbocycles. The Morgan fingerprint density at radius 2 is 1.45 bits per heavy atom. The molecule has 0 bridgehead atoms. The summed E-state index contributed by atoms with van der Waals surface area (Å²) in [6, 6.07) is 0. The summed E-state index contributed by atoms with van der Waals surface area (Å²) in [4.78, 5) is 0. The monoisotopic (exact) mass is 442 g/mol. The first-order valence-electron chi connectivity index (χ1n) is 10.6. The Morgan fingerprint density at radius 1 is 0.931 bits per heavy atom. The van der Waals surface area contributed by atoms with Gasteiger partial charge in [0.15, 0.2) is 16.6 Å². The highest BCUT2D eigenvalue weighted by Gasteiger charge is 2.37. The molecule has 0 aliphatic heterocycles. The molecular formula is C23H46O4Si2. The minimum absolute atomic E-state index is 0.199. The van der Waals surface area contributed by atoms with Crippen LogP contribution < -0.4 is 0 Å². The maximum atomic E-state index is 6.27. The first-order valence-corrected chi connectivity index (χ1v) is 16.4. The number of ether oxygens (including phenoxy) is 2. The molecule has 0 aliphatic rings. The molecule has 0 aromatic carbocycles. The predicted octanol–water partition coefficient (Wildman–Crippen LogP) is 6.36. The van der Waals surface area contributed by atoms with Gasteiger partial charge in [0.2, 0.25) is 0 Å². The van der Waals surface area contributed by atoms with Crippen LogP contribution in [0.15, 0.2) is 11.6 Å². The van der Waals surface area contributed by atoms with Crippen molar-refractivity contribution in [3.8, 4) is 11.8 Å². The highest BCUT2D eigenvalue weighted by Crippen LogP contribution is 2.37. The van der Waals surface area contributed by atoms with E-state index >= 15 is 0 Å². The van der Waals surface area contributed by atoms with Crippen LogP contribution in [0.3, 0.4) is 0 Å². The smallest absolute Gasteiger partial charge is 0.192 e. The van der Waals surface area contributed by atoms with Gasteiger partial charge in [0.05, 0.1) is 6.61 Å². The van der Waals surface area contributed by atoms with Crippen molar-refractivity contribution in [2.75, 3.05) is 27.1 Å². The van der Waals surface area contributed by atoms with Gasteiger partial charge in [-0.2, -0.15) is 0 Å². The zero-order valence-corrected chi connectivity index (χ0v) is 23.1. The Bertz CT molecular complexity index is 572. The van der Waals surface area contributed by atoms with E-state index in [-0.39, 0.29) is 23.0 Å². The Balaban J connectivity index is 4.85. The van der Waals surface area contributed by atoms with Crippen molar-refractivity contribution in [2.45, 2.75) is 97.3 Å². The van der Waals surface area contributed by atoms with E-state index in [9.17, 15) is 0 Å². The van der Waals surface area contributed by atoms with Crippen LogP contribution in [0, 0.1) is 11.8 Å². The van der Waals surface area contributed by atoms with E-state index in [4.69, 9.17) is 18.3 Å². The molecule has 0 spiro atoms. The zero-order chi connectivity index (χ0) is 22.9. The fraction of sp³-hybridized carbons (Fsp3) is 0.826. The van der Waals surface area contributed by atoms with Crippen LogP contribution in [0.1, 0.15) is 54.9 Å².